The van der Waals surface area contributed by atoms with Gasteiger partial charge in [0.15, 0.2) is 10.1 Å². The Balaban J connectivity index is 1.25. The fourth-order valence-corrected chi connectivity index (χ4v) is 6.81. The Morgan fingerprint density at radius 2 is 1.72 bits per heavy atom. The summed E-state index contributed by atoms with van der Waals surface area (Å²) in [6.45, 7) is 0. The number of aromatic nitrogens is 1. The van der Waals surface area contributed by atoms with Crippen LogP contribution in [-0.4, -0.2) is 27.8 Å². The molecule has 0 spiro atoms. The van der Waals surface area contributed by atoms with Gasteiger partial charge in [0.25, 0.3) is 0 Å². The predicted octanol–water partition coefficient (Wildman–Crippen LogP) is 8.92. The molecule has 8 heteroatoms. The van der Waals surface area contributed by atoms with Crippen LogP contribution in [0.15, 0.2) is 103 Å². The monoisotopic (exact) mass is 636 g/mol. The number of phenols is 1. The number of phenolic OH excluding ortho intramolecular Hbond substituents is 1. The first-order valence-electron chi connectivity index (χ1n) is 10.9. The van der Waals surface area contributed by atoms with E-state index < -0.39 is 0 Å². The summed E-state index contributed by atoms with van der Waals surface area (Å²) < 4.78 is 3.27. The second-order valence-corrected chi connectivity index (χ2v) is 11.9. The van der Waals surface area contributed by atoms with Crippen LogP contribution in [0.5, 0.6) is 5.75 Å². The Bertz CT molecular complexity index is 1580. The standard InChI is InChI=1S/C28H18Br2N2O2S2/c29-21-12-20(27(34)23(30)13-21)15-31-22-10-11-24-26(14-22)36-28(32-24)35-16-25(33)19-8-6-18(7-9-19)17-4-2-1-3-5-17/h1-15,34H,16H2. The molecule has 0 amide bonds. The number of thiazole rings is 1. The van der Waals surface area contributed by atoms with Crippen molar-refractivity contribution in [3.63, 3.8) is 0 Å². The minimum atomic E-state index is 0.0733. The molecule has 1 heterocycles. The third-order valence-corrected chi connectivity index (χ3v) is 8.63. The number of fused-ring (bicyclic) bond motifs is 1. The molecule has 0 atom stereocenters. The number of Topliss-reactive ketones (excluding diaryl/α,β-unsaturated/α-hetero) is 1. The smallest absolute Gasteiger partial charge is 0.173 e. The molecule has 0 aliphatic heterocycles. The molecule has 4 nitrogen and oxygen atoms in total. The molecule has 0 fully saturated rings. The average molecular weight is 638 g/mol. The molecule has 5 aromatic rings. The molecule has 1 aromatic heterocycles. The highest BCUT2D eigenvalue weighted by molar-refractivity contribution is 9.11. The van der Waals surface area contributed by atoms with E-state index in [0.717, 1.165) is 35.8 Å². The maximum absolute atomic E-state index is 12.7. The quantitative estimate of drug-likeness (QED) is 0.110. The van der Waals surface area contributed by atoms with Crippen molar-refractivity contribution in [1.82, 2.24) is 4.98 Å². The third kappa shape index (κ3) is 5.78. The van der Waals surface area contributed by atoms with E-state index in [1.165, 1.54) is 23.1 Å². The number of thioether (sulfide) groups is 1. The molecule has 178 valence electrons. The maximum Gasteiger partial charge on any atom is 0.173 e. The molecule has 0 saturated heterocycles. The average Bonchev–Trinajstić information content (AvgIpc) is 3.31. The van der Waals surface area contributed by atoms with Crippen LogP contribution < -0.4 is 0 Å². The molecule has 0 unspecified atom stereocenters. The summed E-state index contributed by atoms with van der Waals surface area (Å²) in [6, 6.07) is 27.2. The van der Waals surface area contributed by atoms with Crippen molar-refractivity contribution in [3.05, 3.63) is 105 Å². The number of carbonyl (C=O) groups is 1. The van der Waals surface area contributed by atoms with Gasteiger partial charge >= 0.3 is 0 Å². The zero-order valence-corrected chi connectivity index (χ0v) is 23.5. The van der Waals surface area contributed by atoms with Crippen LogP contribution in [0.2, 0.25) is 0 Å². The first-order chi connectivity index (χ1) is 17.5. The number of carbonyl (C=O) groups excluding carboxylic acids is 1. The molecule has 0 bridgehead atoms. The number of hydrogen-bond donors (Lipinski definition) is 1. The number of hydrogen-bond acceptors (Lipinski definition) is 6. The lowest BCUT2D eigenvalue weighted by molar-refractivity contribution is 0.102. The zero-order valence-electron chi connectivity index (χ0n) is 18.7. The molecular formula is C28H18Br2N2O2S2. The number of aliphatic imine (C=N–C) groups is 1. The highest BCUT2D eigenvalue weighted by Gasteiger charge is 2.11. The summed E-state index contributed by atoms with van der Waals surface area (Å²) in [4.78, 5) is 21.9. The Labute approximate surface area is 233 Å². The lowest BCUT2D eigenvalue weighted by atomic mass is 10.0. The van der Waals surface area contributed by atoms with E-state index in [4.69, 9.17) is 0 Å². The number of nitrogens with zero attached hydrogens (tertiary/aromatic N) is 2. The predicted molar refractivity (Wildman–Crippen MR) is 157 cm³/mol. The second-order valence-electron chi connectivity index (χ2n) is 7.87. The van der Waals surface area contributed by atoms with E-state index in [-0.39, 0.29) is 11.5 Å². The normalized spacial score (nSPS) is 11.4. The molecule has 1 N–H and O–H groups in total. The second kappa shape index (κ2) is 11.1. The topological polar surface area (TPSA) is 62.5 Å². The molecule has 0 radical (unpaired) electrons. The zero-order chi connectivity index (χ0) is 25.1. The van der Waals surface area contributed by atoms with Crippen LogP contribution in [0, 0.1) is 0 Å². The van der Waals surface area contributed by atoms with Gasteiger partial charge in [-0.05, 0) is 57.4 Å². The van der Waals surface area contributed by atoms with Crippen LogP contribution in [0.25, 0.3) is 21.3 Å². The van der Waals surface area contributed by atoms with E-state index in [1.807, 2.05) is 60.7 Å². The molecule has 0 aliphatic carbocycles. The first kappa shape index (κ1) is 24.9. The van der Waals surface area contributed by atoms with Crippen molar-refractivity contribution in [2.75, 3.05) is 5.75 Å². The fraction of sp³-hybridized carbons (Fsp3) is 0.0357. The van der Waals surface area contributed by atoms with Gasteiger partial charge in [0.1, 0.15) is 5.75 Å². The van der Waals surface area contributed by atoms with Crippen molar-refractivity contribution in [2.45, 2.75) is 4.34 Å². The summed E-state index contributed by atoms with van der Waals surface area (Å²) >= 11 is 9.75. The summed E-state index contributed by atoms with van der Waals surface area (Å²) in [7, 11) is 0. The Kier molecular flexibility index (Phi) is 7.67. The summed E-state index contributed by atoms with van der Waals surface area (Å²) in [5.41, 5.74) is 5.15. The highest BCUT2D eigenvalue weighted by atomic mass is 79.9. The van der Waals surface area contributed by atoms with Crippen molar-refractivity contribution in [2.24, 2.45) is 4.99 Å². The number of aromatic hydroxyl groups is 1. The van der Waals surface area contributed by atoms with Gasteiger partial charge in [0.2, 0.25) is 0 Å². The lowest BCUT2D eigenvalue weighted by Gasteiger charge is -2.03. The molecular weight excluding hydrogens is 620 g/mol. The van der Waals surface area contributed by atoms with Crippen LogP contribution in [0.4, 0.5) is 5.69 Å². The van der Waals surface area contributed by atoms with E-state index in [9.17, 15) is 9.90 Å². The van der Waals surface area contributed by atoms with Crippen LogP contribution >= 0.6 is 55.0 Å². The fourth-order valence-electron chi connectivity index (χ4n) is 3.55. The molecule has 4 aromatic carbocycles. The number of rotatable bonds is 7. The van der Waals surface area contributed by atoms with Crippen LogP contribution in [-0.2, 0) is 0 Å². The van der Waals surface area contributed by atoms with Crippen molar-refractivity contribution < 1.29 is 9.90 Å². The summed E-state index contributed by atoms with van der Waals surface area (Å²) in [5, 5.41) is 10.2. The molecule has 0 saturated carbocycles. The number of halogens is 2. The van der Waals surface area contributed by atoms with Gasteiger partial charge in [-0.1, -0.05) is 82.3 Å². The Morgan fingerprint density at radius 1 is 0.972 bits per heavy atom. The van der Waals surface area contributed by atoms with Gasteiger partial charge < -0.3 is 5.11 Å². The van der Waals surface area contributed by atoms with Crippen molar-refractivity contribution in [1.29, 1.82) is 0 Å². The minimum absolute atomic E-state index is 0.0733. The van der Waals surface area contributed by atoms with Gasteiger partial charge in [-0.25, -0.2) is 4.98 Å². The van der Waals surface area contributed by atoms with Gasteiger partial charge in [-0.15, -0.1) is 11.3 Å². The number of ketones is 1. The van der Waals surface area contributed by atoms with E-state index in [0.29, 0.717) is 21.4 Å². The SMILES string of the molecule is O=C(CSc1nc2ccc(N=Cc3cc(Br)cc(Br)c3O)cc2s1)c1ccc(-c2ccccc2)cc1. The largest absolute Gasteiger partial charge is 0.506 e. The first-order valence-corrected chi connectivity index (χ1v) is 14.3. The van der Waals surface area contributed by atoms with E-state index >= 15 is 0 Å². The van der Waals surface area contributed by atoms with Gasteiger partial charge in [-0.2, -0.15) is 0 Å². The summed E-state index contributed by atoms with van der Waals surface area (Å²) in [5.74, 6) is 0.537. The molecule has 5 rings (SSSR count). The molecule has 0 aliphatic rings. The molecule has 36 heavy (non-hydrogen) atoms. The van der Waals surface area contributed by atoms with Gasteiger partial charge in [-0.3, -0.25) is 9.79 Å². The Hall–Kier alpha value is -2.78. The third-order valence-electron chi connectivity index (χ3n) is 5.40. The van der Waals surface area contributed by atoms with Gasteiger partial charge in [0, 0.05) is 21.8 Å². The summed E-state index contributed by atoms with van der Waals surface area (Å²) in [6.07, 6.45) is 1.63. The van der Waals surface area contributed by atoms with Crippen molar-refractivity contribution in [3.8, 4) is 16.9 Å². The van der Waals surface area contributed by atoms with Crippen LogP contribution in [0.3, 0.4) is 0 Å². The Morgan fingerprint density at radius 3 is 2.50 bits per heavy atom. The maximum atomic E-state index is 12.7. The number of benzene rings is 4. The van der Waals surface area contributed by atoms with E-state index in [1.54, 1.807) is 18.3 Å². The van der Waals surface area contributed by atoms with Gasteiger partial charge in [0.05, 0.1) is 26.1 Å². The highest BCUT2D eigenvalue weighted by Crippen LogP contribution is 2.34. The lowest BCUT2D eigenvalue weighted by Crippen LogP contribution is -2.01. The minimum Gasteiger partial charge on any atom is -0.506 e. The van der Waals surface area contributed by atoms with Crippen molar-refractivity contribution >= 4 is 82.9 Å². The van der Waals surface area contributed by atoms with E-state index in [2.05, 4.69) is 54.0 Å². The van der Waals surface area contributed by atoms with Crippen LogP contribution in [0.1, 0.15) is 15.9 Å².